The summed E-state index contributed by atoms with van der Waals surface area (Å²) in [6.45, 7) is -0.493. The van der Waals surface area contributed by atoms with Gasteiger partial charge in [0.1, 0.15) is 12.4 Å². The molecule has 20 heavy (non-hydrogen) atoms. The van der Waals surface area contributed by atoms with E-state index in [1.54, 1.807) is 0 Å². The van der Waals surface area contributed by atoms with Gasteiger partial charge in [-0.05, 0) is 0 Å². The van der Waals surface area contributed by atoms with Gasteiger partial charge in [0.15, 0.2) is 12.6 Å². The molecule has 2 bridgehead atoms. The maximum Gasteiger partial charge on any atom is 0.410 e. The number of amides is 1. The number of nitrogens with zero attached hydrogens (tertiary/aromatic N) is 1. The number of hydrogen-bond donors (Lipinski definition) is 2. The van der Waals surface area contributed by atoms with Crippen molar-refractivity contribution < 1.29 is 29.3 Å². The van der Waals surface area contributed by atoms with Gasteiger partial charge in [0.05, 0.1) is 12.1 Å². The molecule has 2 heterocycles. The zero-order valence-corrected chi connectivity index (χ0v) is 12.3. The van der Waals surface area contributed by atoms with E-state index in [4.69, 9.17) is 44.3 Å². The van der Waals surface area contributed by atoms with E-state index in [1.807, 2.05) is 0 Å². The number of carbonyl (C=O) groups is 2. The van der Waals surface area contributed by atoms with Crippen LogP contribution >= 0.6 is 34.8 Å². The predicted octanol–water partition coefficient (Wildman–Crippen LogP) is 0.562. The molecular weight excluding hydrogens is 336 g/mol. The molecule has 0 aromatic carbocycles. The highest BCUT2D eigenvalue weighted by Gasteiger charge is 2.50. The zero-order valence-electron chi connectivity index (χ0n) is 10.0. The molecule has 2 fully saturated rings. The van der Waals surface area contributed by atoms with Gasteiger partial charge in [-0.3, -0.25) is 9.69 Å². The summed E-state index contributed by atoms with van der Waals surface area (Å²) in [6, 6.07) is -1.85. The lowest BCUT2D eigenvalue weighted by atomic mass is 9.92. The van der Waals surface area contributed by atoms with Crippen molar-refractivity contribution in [1.82, 2.24) is 4.90 Å². The van der Waals surface area contributed by atoms with E-state index < -0.39 is 41.2 Å². The first kappa shape index (κ1) is 16.1. The molecule has 2 rings (SSSR count). The normalized spacial score (nSPS) is 34.0. The van der Waals surface area contributed by atoms with Crippen LogP contribution in [-0.2, 0) is 14.3 Å². The first-order valence-corrected chi connectivity index (χ1v) is 6.87. The number of carbonyl (C=O) groups excluding carboxylic acids is 2. The van der Waals surface area contributed by atoms with Gasteiger partial charge in [0, 0.05) is 12.8 Å². The number of ether oxygens (including phenoxy) is 2. The summed E-state index contributed by atoms with van der Waals surface area (Å²) < 4.78 is 7.90. The second kappa shape index (κ2) is 5.82. The Morgan fingerprint density at radius 2 is 1.80 bits per heavy atom. The predicted molar refractivity (Wildman–Crippen MR) is 68.4 cm³/mol. The summed E-state index contributed by atoms with van der Waals surface area (Å²) in [5, 5.41) is 19.4. The Labute approximate surface area is 129 Å². The van der Waals surface area contributed by atoms with E-state index in [9.17, 15) is 19.8 Å². The molecule has 0 radical (unpaired) electrons. The van der Waals surface area contributed by atoms with E-state index in [0.29, 0.717) is 0 Å². The fourth-order valence-electron chi connectivity index (χ4n) is 2.28. The number of hydrogen-bond acceptors (Lipinski definition) is 6. The molecule has 1 amide bonds. The Bertz CT molecular complexity index is 394. The quantitative estimate of drug-likeness (QED) is 0.672. The van der Waals surface area contributed by atoms with Gasteiger partial charge in [-0.15, -0.1) is 0 Å². The van der Waals surface area contributed by atoms with Crippen molar-refractivity contribution in [3.63, 3.8) is 0 Å². The number of rotatable bonds is 1. The number of alkyl halides is 3. The molecule has 0 spiro atoms. The van der Waals surface area contributed by atoms with Gasteiger partial charge in [0.25, 0.3) is 0 Å². The molecule has 2 saturated heterocycles. The number of aliphatic hydroxyl groups excluding tert-OH is 2. The van der Waals surface area contributed by atoms with Crippen LogP contribution < -0.4 is 0 Å². The number of aliphatic hydroxyl groups is 2. The van der Waals surface area contributed by atoms with Crippen LogP contribution in [0.25, 0.3) is 0 Å². The Hall–Kier alpha value is -0.310. The number of piperidine rings is 1. The third kappa shape index (κ3) is 3.47. The molecule has 0 saturated carbocycles. The molecule has 7 nitrogen and oxygen atoms in total. The van der Waals surface area contributed by atoms with Crippen molar-refractivity contribution in [1.29, 1.82) is 0 Å². The molecule has 0 aliphatic carbocycles. The van der Waals surface area contributed by atoms with E-state index in [-0.39, 0.29) is 18.6 Å². The molecular formula is C10H12Cl3NO6. The number of ketones is 1. The number of morpholine rings is 1. The number of fused-ring (bicyclic) bond motifs is 2. The fraction of sp³-hybridized carbons (Fsp3) is 0.800. The highest BCUT2D eigenvalue weighted by atomic mass is 35.6. The van der Waals surface area contributed by atoms with Gasteiger partial charge >= 0.3 is 6.09 Å². The standard InChI is InChI=1S/C10H12Cl3NO6/c11-10(12,13)3-19-9(18)14-5-1-4(15)2-6(14)8(17)20-7(5)16/h5-8,16-17H,1-3H2/t5-,6-,7-,8-/m0/s1. The van der Waals surface area contributed by atoms with E-state index in [2.05, 4.69) is 0 Å². The Kier molecular flexibility index (Phi) is 4.68. The lowest BCUT2D eigenvalue weighted by Gasteiger charge is -2.48. The van der Waals surface area contributed by atoms with Crippen molar-refractivity contribution in [2.24, 2.45) is 0 Å². The van der Waals surface area contributed by atoms with E-state index in [1.165, 1.54) is 0 Å². The Balaban J connectivity index is 2.12. The summed E-state index contributed by atoms with van der Waals surface area (Å²) in [5.41, 5.74) is 0. The van der Waals surface area contributed by atoms with Crippen LogP contribution in [0.5, 0.6) is 0 Å². The average Bonchev–Trinajstić information content (AvgIpc) is 2.32. The minimum absolute atomic E-state index is 0.0900. The molecule has 0 aromatic rings. The molecule has 114 valence electrons. The van der Waals surface area contributed by atoms with E-state index >= 15 is 0 Å². The van der Waals surface area contributed by atoms with Crippen LogP contribution in [0.1, 0.15) is 12.8 Å². The van der Waals surface area contributed by atoms with Crippen molar-refractivity contribution in [3.05, 3.63) is 0 Å². The second-order valence-corrected chi connectivity index (χ2v) is 7.09. The van der Waals surface area contributed by atoms with Crippen LogP contribution in [-0.4, -0.2) is 62.1 Å². The van der Waals surface area contributed by atoms with Crippen LogP contribution in [0.4, 0.5) is 4.79 Å². The van der Waals surface area contributed by atoms with Gasteiger partial charge in [0.2, 0.25) is 3.79 Å². The van der Waals surface area contributed by atoms with Crippen LogP contribution in [0.3, 0.4) is 0 Å². The molecule has 10 heteroatoms. The van der Waals surface area contributed by atoms with Crippen molar-refractivity contribution in [3.8, 4) is 0 Å². The van der Waals surface area contributed by atoms with E-state index in [0.717, 1.165) is 4.90 Å². The molecule has 2 aliphatic rings. The molecule has 2 N–H and O–H groups in total. The maximum absolute atomic E-state index is 12.0. The first-order chi connectivity index (χ1) is 9.19. The highest BCUT2D eigenvalue weighted by molar-refractivity contribution is 6.67. The molecule has 2 aliphatic heterocycles. The third-order valence-electron chi connectivity index (χ3n) is 3.10. The van der Waals surface area contributed by atoms with Crippen molar-refractivity contribution in [2.45, 2.75) is 41.3 Å². The van der Waals surface area contributed by atoms with Gasteiger partial charge in [-0.2, -0.15) is 0 Å². The topological polar surface area (TPSA) is 96.3 Å². The Morgan fingerprint density at radius 1 is 1.30 bits per heavy atom. The smallest absolute Gasteiger partial charge is 0.410 e. The van der Waals surface area contributed by atoms with Gasteiger partial charge < -0.3 is 19.7 Å². The fourth-order valence-corrected chi connectivity index (χ4v) is 2.45. The van der Waals surface area contributed by atoms with Crippen molar-refractivity contribution in [2.75, 3.05) is 6.61 Å². The van der Waals surface area contributed by atoms with Crippen LogP contribution in [0.15, 0.2) is 0 Å². The first-order valence-electron chi connectivity index (χ1n) is 5.74. The summed E-state index contributed by atoms with van der Waals surface area (Å²) in [4.78, 5) is 24.6. The average molecular weight is 349 g/mol. The SMILES string of the molecule is O=C1C[C@H]2[C@@H](O)O[C@H](O)[C@H](C1)N2C(=O)OCC(Cl)(Cl)Cl. The van der Waals surface area contributed by atoms with Crippen LogP contribution in [0.2, 0.25) is 0 Å². The van der Waals surface area contributed by atoms with Crippen LogP contribution in [0, 0.1) is 0 Å². The van der Waals surface area contributed by atoms with Crippen molar-refractivity contribution >= 4 is 46.7 Å². The lowest BCUT2D eigenvalue weighted by Crippen LogP contribution is -2.66. The molecule has 0 aromatic heterocycles. The van der Waals surface area contributed by atoms with Gasteiger partial charge in [-0.25, -0.2) is 4.79 Å². The summed E-state index contributed by atoms with van der Waals surface area (Å²) in [5.74, 6) is -0.188. The van der Waals surface area contributed by atoms with Gasteiger partial charge in [-0.1, -0.05) is 34.8 Å². The summed E-state index contributed by atoms with van der Waals surface area (Å²) in [7, 11) is 0. The minimum atomic E-state index is -1.77. The minimum Gasteiger partial charge on any atom is -0.445 e. The zero-order chi connectivity index (χ0) is 15.1. The largest absolute Gasteiger partial charge is 0.445 e. The third-order valence-corrected chi connectivity index (χ3v) is 3.42. The summed E-state index contributed by atoms with van der Waals surface area (Å²) in [6.07, 6.45) is -4.03. The monoisotopic (exact) mass is 347 g/mol. The second-order valence-electron chi connectivity index (χ2n) is 4.58. The summed E-state index contributed by atoms with van der Waals surface area (Å²) >= 11 is 16.4. The maximum atomic E-state index is 12.0. The molecule has 0 unspecified atom stereocenters. The number of halogens is 3. The lowest BCUT2D eigenvalue weighted by molar-refractivity contribution is -0.289. The highest BCUT2D eigenvalue weighted by Crippen LogP contribution is 2.33. The Morgan fingerprint density at radius 3 is 2.25 bits per heavy atom. The number of Topliss-reactive ketones (excluding diaryl/α,β-unsaturated/α-hetero) is 1. The molecule has 4 atom stereocenters.